The van der Waals surface area contributed by atoms with E-state index in [0.29, 0.717) is 22.9 Å². The number of nitrogens with one attached hydrogen (secondary N) is 1. The normalized spacial score (nSPS) is 11.2. The minimum atomic E-state index is -4.69. The third-order valence-electron chi connectivity index (χ3n) is 4.33. The van der Waals surface area contributed by atoms with E-state index in [9.17, 15) is 23.3 Å². The zero-order valence-corrected chi connectivity index (χ0v) is 16.3. The first-order chi connectivity index (χ1) is 15.3. The van der Waals surface area contributed by atoms with E-state index in [4.69, 9.17) is 10.00 Å². The number of nitriles is 1. The van der Waals surface area contributed by atoms with Crippen LogP contribution in [0.15, 0.2) is 71.8 Å². The number of hydrogen-bond donors (Lipinski definition) is 1. The van der Waals surface area contributed by atoms with Gasteiger partial charge in [0.25, 0.3) is 5.69 Å². The molecule has 0 atom stereocenters. The van der Waals surface area contributed by atoms with Gasteiger partial charge in [-0.3, -0.25) is 15.5 Å². The van der Waals surface area contributed by atoms with Gasteiger partial charge >= 0.3 is 6.18 Å². The van der Waals surface area contributed by atoms with E-state index >= 15 is 0 Å². The van der Waals surface area contributed by atoms with Crippen LogP contribution in [0.3, 0.4) is 0 Å². The van der Waals surface area contributed by atoms with Crippen molar-refractivity contribution in [3.05, 3.63) is 99.1 Å². The van der Waals surface area contributed by atoms with E-state index in [0.717, 1.165) is 17.7 Å². The molecule has 0 unspecified atom stereocenters. The molecule has 0 amide bonds. The summed E-state index contributed by atoms with van der Waals surface area (Å²) in [5, 5.41) is 24.0. The van der Waals surface area contributed by atoms with Gasteiger partial charge in [0.15, 0.2) is 0 Å². The number of benzene rings is 3. The van der Waals surface area contributed by atoms with Crippen LogP contribution >= 0.6 is 0 Å². The lowest BCUT2D eigenvalue weighted by Gasteiger charge is -2.08. The number of halogens is 3. The number of anilines is 1. The van der Waals surface area contributed by atoms with Crippen LogP contribution in [-0.4, -0.2) is 11.1 Å². The van der Waals surface area contributed by atoms with Crippen molar-refractivity contribution >= 4 is 17.6 Å². The topological polar surface area (TPSA) is 101 Å². The number of nitrogens with zero attached hydrogens (tertiary/aromatic N) is 3. The van der Waals surface area contributed by atoms with Crippen molar-refractivity contribution in [3.63, 3.8) is 0 Å². The van der Waals surface area contributed by atoms with E-state index < -0.39 is 22.4 Å². The van der Waals surface area contributed by atoms with Gasteiger partial charge in [0, 0.05) is 11.6 Å². The molecular weight excluding hydrogens is 425 g/mol. The van der Waals surface area contributed by atoms with Gasteiger partial charge in [-0.15, -0.1) is 0 Å². The van der Waals surface area contributed by atoms with Gasteiger partial charge in [-0.1, -0.05) is 18.2 Å². The second-order valence-electron chi connectivity index (χ2n) is 6.48. The minimum Gasteiger partial charge on any atom is -0.489 e. The third kappa shape index (κ3) is 5.60. The lowest BCUT2D eigenvalue weighted by Crippen LogP contribution is -2.06. The predicted molar refractivity (Wildman–Crippen MR) is 111 cm³/mol. The fourth-order valence-electron chi connectivity index (χ4n) is 2.70. The predicted octanol–water partition coefficient (Wildman–Crippen LogP) is 5.51. The molecule has 0 aliphatic rings. The van der Waals surface area contributed by atoms with Gasteiger partial charge in [-0.2, -0.15) is 23.5 Å². The summed E-state index contributed by atoms with van der Waals surface area (Å²) in [5.74, 6) is 0.557. The Balaban J connectivity index is 1.64. The number of nitro benzene ring substituents is 1. The molecule has 162 valence electrons. The molecule has 7 nitrogen and oxygen atoms in total. The molecule has 0 fully saturated rings. The Morgan fingerprint density at radius 2 is 1.84 bits per heavy atom. The molecule has 3 aromatic rings. The zero-order valence-electron chi connectivity index (χ0n) is 16.3. The highest BCUT2D eigenvalue weighted by Gasteiger charge is 2.33. The van der Waals surface area contributed by atoms with Gasteiger partial charge in [-0.25, -0.2) is 0 Å². The third-order valence-corrected chi connectivity index (χ3v) is 4.33. The van der Waals surface area contributed by atoms with E-state index in [-0.39, 0.29) is 12.3 Å². The number of ether oxygens (including phenoxy) is 1. The summed E-state index contributed by atoms with van der Waals surface area (Å²) in [6.07, 6.45) is -3.33. The van der Waals surface area contributed by atoms with Crippen LogP contribution in [-0.2, 0) is 12.8 Å². The monoisotopic (exact) mass is 440 g/mol. The smallest absolute Gasteiger partial charge is 0.416 e. The van der Waals surface area contributed by atoms with Crippen LogP contribution in [0.1, 0.15) is 22.3 Å². The summed E-state index contributed by atoms with van der Waals surface area (Å²) in [6, 6.07) is 18.0. The first kappa shape index (κ1) is 22.3. The molecule has 0 spiro atoms. The SMILES string of the molecule is N#Cc1ccccc1COc1ccc(/C=N\Nc2ccc(C(F)(F)F)cc2[N+](=O)[O-])cc1. The van der Waals surface area contributed by atoms with Gasteiger partial charge < -0.3 is 4.74 Å². The lowest BCUT2D eigenvalue weighted by atomic mass is 10.1. The van der Waals surface area contributed by atoms with E-state index in [1.165, 1.54) is 6.21 Å². The number of alkyl halides is 3. The molecular formula is C22H15F3N4O3. The number of hydrogen-bond acceptors (Lipinski definition) is 6. The summed E-state index contributed by atoms with van der Waals surface area (Å²) in [7, 11) is 0. The van der Waals surface area contributed by atoms with Crippen LogP contribution in [0.4, 0.5) is 24.5 Å². The fourth-order valence-corrected chi connectivity index (χ4v) is 2.70. The van der Waals surface area contributed by atoms with Gasteiger partial charge in [0.2, 0.25) is 0 Å². The number of nitro groups is 1. The Kier molecular flexibility index (Phi) is 6.70. The lowest BCUT2D eigenvalue weighted by molar-refractivity contribution is -0.384. The minimum absolute atomic E-state index is 0.171. The van der Waals surface area contributed by atoms with Crippen LogP contribution < -0.4 is 10.2 Å². The van der Waals surface area contributed by atoms with E-state index in [1.807, 2.05) is 6.07 Å². The van der Waals surface area contributed by atoms with Crippen molar-refractivity contribution in [1.82, 2.24) is 0 Å². The largest absolute Gasteiger partial charge is 0.489 e. The molecule has 0 heterocycles. The molecule has 3 aromatic carbocycles. The molecule has 0 radical (unpaired) electrons. The maximum absolute atomic E-state index is 12.8. The Bertz CT molecular complexity index is 1190. The van der Waals surface area contributed by atoms with E-state index in [2.05, 4.69) is 16.6 Å². The van der Waals surface area contributed by atoms with Crippen molar-refractivity contribution in [3.8, 4) is 11.8 Å². The molecule has 3 rings (SSSR count). The molecule has 0 aromatic heterocycles. The Labute approximate surface area is 180 Å². The second kappa shape index (κ2) is 9.61. The van der Waals surface area contributed by atoms with E-state index in [1.54, 1.807) is 42.5 Å². The summed E-state index contributed by atoms with van der Waals surface area (Å²) in [4.78, 5) is 10.2. The molecule has 0 saturated carbocycles. The van der Waals surface area contributed by atoms with Crippen LogP contribution in [0.2, 0.25) is 0 Å². The number of hydrazone groups is 1. The summed E-state index contributed by atoms with van der Waals surface area (Å²) >= 11 is 0. The van der Waals surface area contributed by atoms with Crippen molar-refractivity contribution in [1.29, 1.82) is 5.26 Å². The quantitative estimate of drug-likeness (QED) is 0.297. The molecule has 0 aliphatic heterocycles. The highest BCUT2D eigenvalue weighted by atomic mass is 19.4. The van der Waals surface area contributed by atoms with Crippen molar-refractivity contribution in [2.24, 2.45) is 5.10 Å². The highest BCUT2D eigenvalue weighted by Crippen LogP contribution is 2.34. The molecule has 0 aliphatic carbocycles. The second-order valence-corrected chi connectivity index (χ2v) is 6.48. The van der Waals surface area contributed by atoms with Crippen LogP contribution in [0.5, 0.6) is 5.75 Å². The molecule has 32 heavy (non-hydrogen) atoms. The Morgan fingerprint density at radius 3 is 2.50 bits per heavy atom. The zero-order chi connectivity index (χ0) is 23.1. The molecule has 10 heteroatoms. The fraction of sp³-hybridized carbons (Fsp3) is 0.0909. The first-order valence-electron chi connectivity index (χ1n) is 9.13. The molecule has 0 saturated heterocycles. The van der Waals surface area contributed by atoms with Crippen molar-refractivity contribution in [2.45, 2.75) is 12.8 Å². The van der Waals surface area contributed by atoms with Crippen molar-refractivity contribution in [2.75, 3.05) is 5.43 Å². The maximum Gasteiger partial charge on any atom is 0.416 e. The summed E-state index contributed by atoms with van der Waals surface area (Å²) in [6.45, 7) is 0.219. The number of rotatable bonds is 7. The average molecular weight is 440 g/mol. The van der Waals surface area contributed by atoms with Gasteiger partial charge in [-0.05, 0) is 48.0 Å². The Morgan fingerprint density at radius 1 is 1.12 bits per heavy atom. The summed E-state index contributed by atoms with van der Waals surface area (Å²) < 4.78 is 43.9. The Hall–Kier alpha value is -4.39. The van der Waals surface area contributed by atoms with Crippen LogP contribution in [0, 0.1) is 21.4 Å². The standard InChI is InChI=1S/C22H15F3N4O3/c23-22(24,25)18-7-10-20(21(11-18)29(30)31)28-27-13-15-5-8-19(9-6-15)32-14-17-4-2-1-3-16(17)12-26/h1-11,13,28H,14H2/b27-13-. The summed E-state index contributed by atoms with van der Waals surface area (Å²) in [5.41, 5.74) is 2.27. The molecule has 0 bridgehead atoms. The van der Waals surface area contributed by atoms with Crippen LogP contribution in [0.25, 0.3) is 0 Å². The maximum atomic E-state index is 12.8. The highest BCUT2D eigenvalue weighted by molar-refractivity contribution is 5.80. The first-order valence-corrected chi connectivity index (χ1v) is 9.13. The van der Waals surface area contributed by atoms with Gasteiger partial charge in [0.05, 0.1) is 28.3 Å². The van der Waals surface area contributed by atoms with Gasteiger partial charge in [0.1, 0.15) is 18.0 Å². The average Bonchev–Trinajstić information content (AvgIpc) is 2.78. The molecule has 1 N–H and O–H groups in total. The van der Waals surface area contributed by atoms with Crippen molar-refractivity contribution < 1.29 is 22.8 Å².